The van der Waals surface area contributed by atoms with Crippen molar-refractivity contribution < 1.29 is 19.5 Å². The minimum absolute atomic E-state index is 0.0561. The Morgan fingerprint density at radius 3 is 2.56 bits per heavy atom. The van der Waals surface area contributed by atoms with Crippen LogP contribution in [0.25, 0.3) is 0 Å². The van der Waals surface area contributed by atoms with Gasteiger partial charge < -0.3 is 15.3 Å². The maximum atomic E-state index is 12.0. The van der Waals surface area contributed by atoms with Gasteiger partial charge in [-0.3, -0.25) is 9.59 Å². The van der Waals surface area contributed by atoms with E-state index in [1.165, 1.54) is 0 Å². The molecule has 0 aromatic rings. The van der Waals surface area contributed by atoms with Crippen LogP contribution in [-0.2, 0) is 14.4 Å². The lowest BCUT2D eigenvalue weighted by atomic mass is 9.76. The summed E-state index contributed by atoms with van der Waals surface area (Å²) >= 11 is 0. The molecular weight excluding hydrogens is 236 g/mol. The number of nitrogens with one attached hydrogen (secondary N) is 1. The fraction of sp³-hybridized carbons (Fsp3) is 0.750. The summed E-state index contributed by atoms with van der Waals surface area (Å²) in [6.45, 7) is 0.553. The third-order valence-electron chi connectivity index (χ3n) is 4.01. The van der Waals surface area contributed by atoms with Crippen LogP contribution < -0.4 is 5.32 Å². The Balaban J connectivity index is 1.96. The number of hydrogen-bond acceptors (Lipinski definition) is 3. The van der Waals surface area contributed by atoms with Crippen molar-refractivity contribution in [3.05, 3.63) is 0 Å². The first-order valence-corrected chi connectivity index (χ1v) is 6.24. The monoisotopic (exact) mass is 254 g/mol. The highest BCUT2D eigenvalue weighted by atomic mass is 16.4. The van der Waals surface area contributed by atoms with Gasteiger partial charge in [0.2, 0.25) is 11.8 Å². The molecule has 2 fully saturated rings. The maximum absolute atomic E-state index is 12.0. The van der Waals surface area contributed by atoms with E-state index in [4.69, 9.17) is 5.11 Å². The molecule has 0 aromatic carbocycles. The highest BCUT2D eigenvalue weighted by Gasteiger charge is 2.46. The Bertz CT molecular complexity index is 390. The SMILES string of the molecule is CN1CCC(C(=O)NC2(C(=O)O)CCC2)CC1=O. The molecule has 0 spiro atoms. The van der Waals surface area contributed by atoms with Crippen LogP contribution >= 0.6 is 0 Å². The highest BCUT2D eigenvalue weighted by molar-refractivity contribution is 5.91. The van der Waals surface area contributed by atoms with Crippen LogP contribution in [0.5, 0.6) is 0 Å². The van der Waals surface area contributed by atoms with Gasteiger partial charge in [0, 0.05) is 25.9 Å². The maximum Gasteiger partial charge on any atom is 0.329 e. The van der Waals surface area contributed by atoms with E-state index in [9.17, 15) is 14.4 Å². The van der Waals surface area contributed by atoms with E-state index in [1.807, 2.05) is 0 Å². The molecule has 0 bridgehead atoms. The molecule has 1 saturated carbocycles. The highest BCUT2D eigenvalue weighted by Crippen LogP contribution is 2.33. The predicted molar refractivity (Wildman–Crippen MR) is 62.7 cm³/mol. The zero-order valence-electron chi connectivity index (χ0n) is 10.4. The topological polar surface area (TPSA) is 86.7 Å². The summed E-state index contributed by atoms with van der Waals surface area (Å²) in [7, 11) is 1.71. The summed E-state index contributed by atoms with van der Waals surface area (Å²) in [4.78, 5) is 36.3. The largest absolute Gasteiger partial charge is 0.480 e. The number of carbonyl (C=O) groups excluding carboxylic acids is 2. The summed E-state index contributed by atoms with van der Waals surface area (Å²) < 4.78 is 0. The van der Waals surface area contributed by atoms with E-state index in [0.717, 1.165) is 6.42 Å². The van der Waals surface area contributed by atoms with Crippen molar-refractivity contribution in [1.29, 1.82) is 0 Å². The lowest BCUT2D eigenvalue weighted by molar-refractivity contribution is -0.153. The van der Waals surface area contributed by atoms with Gasteiger partial charge in [-0.15, -0.1) is 0 Å². The molecule has 2 rings (SSSR count). The molecule has 2 N–H and O–H groups in total. The lowest BCUT2D eigenvalue weighted by Gasteiger charge is -2.39. The Hall–Kier alpha value is -1.59. The van der Waals surface area contributed by atoms with Gasteiger partial charge in [0.05, 0.1) is 0 Å². The molecule has 1 heterocycles. The Morgan fingerprint density at radius 1 is 1.44 bits per heavy atom. The quantitative estimate of drug-likeness (QED) is 0.741. The molecule has 2 amide bonds. The van der Waals surface area contributed by atoms with Crippen molar-refractivity contribution in [3.63, 3.8) is 0 Å². The number of carbonyl (C=O) groups is 3. The molecule has 0 aromatic heterocycles. The number of amides is 2. The third kappa shape index (κ3) is 2.19. The van der Waals surface area contributed by atoms with E-state index >= 15 is 0 Å². The van der Waals surface area contributed by atoms with Gasteiger partial charge in [-0.1, -0.05) is 0 Å². The van der Waals surface area contributed by atoms with E-state index < -0.39 is 11.5 Å². The van der Waals surface area contributed by atoms with Crippen molar-refractivity contribution in [3.8, 4) is 0 Å². The van der Waals surface area contributed by atoms with Crippen LogP contribution in [0.3, 0.4) is 0 Å². The van der Waals surface area contributed by atoms with E-state index in [0.29, 0.717) is 25.8 Å². The molecule has 1 saturated heterocycles. The molecule has 1 unspecified atom stereocenters. The van der Waals surface area contributed by atoms with E-state index in [-0.39, 0.29) is 24.2 Å². The standard InChI is InChI=1S/C12H18N2O4/c1-14-6-3-8(7-9(14)15)10(16)13-12(11(17)18)4-2-5-12/h8H,2-7H2,1H3,(H,13,16)(H,17,18). The van der Waals surface area contributed by atoms with Gasteiger partial charge in [-0.05, 0) is 25.7 Å². The van der Waals surface area contributed by atoms with Crippen molar-refractivity contribution in [2.75, 3.05) is 13.6 Å². The zero-order valence-corrected chi connectivity index (χ0v) is 10.4. The normalized spacial score (nSPS) is 26.4. The van der Waals surface area contributed by atoms with Crippen LogP contribution in [0, 0.1) is 5.92 Å². The number of nitrogens with zero attached hydrogens (tertiary/aromatic N) is 1. The van der Waals surface area contributed by atoms with Gasteiger partial charge in [0.25, 0.3) is 0 Å². The molecule has 100 valence electrons. The second kappa shape index (κ2) is 4.59. The average Bonchev–Trinajstić information content (AvgIpc) is 2.26. The number of carboxylic acid groups (broad SMARTS) is 1. The smallest absolute Gasteiger partial charge is 0.329 e. The summed E-state index contributed by atoms with van der Waals surface area (Å²) in [6, 6.07) is 0. The zero-order chi connectivity index (χ0) is 13.3. The molecule has 1 aliphatic carbocycles. The first-order valence-electron chi connectivity index (χ1n) is 6.24. The average molecular weight is 254 g/mol. The molecule has 2 aliphatic rings. The predicted octanol–water partition coefficient (Wildman–Crippen LogP) is -0.0217. The van der Waals surface area contributed by atoms with Gasteiger partial charge in [0.1, 0.15) is 5.54 Å². The van der Waals surface area contributed by atoms with Crippen molar-refractivity contribution >= 4 is 17.8 Å². The molecule has 0 radical (unpaired) electrons. The van der Waals surface area contributed by atoms with Crippen LogP contribution in [0.15, 0.2) is 0 Å². The Kier molecular flexibility index (Phi) is 3.28. The first kappa shape index (κ1) is 12.9. The van der Waals surface area contributed by atoms with E-state index in [1.54, 1.807) is 11.9 Å². The van der Waals surface area contributed by atoms with Crippen LogP contribution in [0.2, 0.25) is 0 Å². The number of piperidine rings is 1. The molecule has 6 heteroatoms. The third-order valence-corrected chi connectivity index (χ3v) is 4.01. The van der Waals surface area contributed by atoms with Crippen LogP contribution in [0.1, 0.15) is 32.1 Å². The van der Waals surface area contributed by atoms with Crippen LogP contribution in [0.4, 0.5) is 0 Å². The second-order valence-electron chi connectivity index (χ2n) is 5.24. The van der Waals surface area contributed by atoms with Crippen LogP contribution in [-0.4, -0.2) is 46.9 Å². The van der Waals surface area contributed by atoms with Gasteiger partial charge in [-0.25, -0.2) is 4.79 Å². The summed E-state index contributed by atoms with van der Waals surface area (Å²) in [5.74, 6) is -1.70. The van der Waals surface area contributed by atoms with Crippen molar-refractivity contribution in [1.82, 2.24) is 10.2 Å². The minimum Gasteiger partial charge on any atom is -0.480 e. The number of carboxylic acids is 1. The van der Waals surface area contributed by atoms with Crippen molar-refractivity contribution in [2.24, 2.45) is 5.92 Å². The van der Waals surface area contributed by atoms with Gasteiger partial charge in [0.15, 0.2) is 0 Å². The molecule has 1 atom stereocenters. The second-order valence-corrected chi connectivity index (χ2v) is 5.24. The first-order chi connectivity index (χ1) is 8.44. The number of aliphatic carboxylic acids is 1. The number of likely N-dealkylation sites (tertiary alicyclic amines) is 1. The Morgan fingerprint density at radius 2 is 2.11 bits per heavy atom. The summed E-state index contributed by atoms with van der Waals surface area (Å²) in [6.07, 6.45) is 2.56. The van der Waals surface area contributed by atoms with Gasteiger partial charge in [-0.2, -0.15) is 0 Å². The molecule has 1 aliphatic heterocycles. The summed E-state index contributed by atoms with van der Waals surface area (Å²) in [5, 5.41) is 11.8. The summed E-state index contributed by atoms with van der Waals surface area (Å²) in [5.41, 5.74) is -1.08. The van der Waals surface area contributed by atoms with E-state index in [2.05, 4.69) is 5.32 Å². The molecule has 18 heavy (non-hydrogen) atoms. The van der Waals surface area contributed by atoms with Gasteiger partial charge >= 0.3 is 5.97 Å². The molecular formula is C12H18N2O4. The van der Waals surface area contributed by atoms with Crippen molar-refractivity contribution in [2.45, 2.75) is 37.6 Å². The fourth-order valence-electron chi connectivity index (χ4n) is 2.43. The number of rotatable bonds is 3. The molecule has 6 nitrogen and oxygen atoms in total. The fourth-order valence-corrected chi connectivity index (χ4v) is 2.43. The lowest BCUT2D eigenvalue weighted by Crippen LogP contribution is -2.60. The minimum atomic E-state index is -1.08. The Labute approximate surface area is 105 Å². The number of hydrogen-bond donors (Lipinski definition) is 2.